The molecule has 1 heterocycles. The zero-order valence-electron chi connectivity index (χ0n) is 12.1. The Balaban J connectivity index is 1.85. The summed E-state index contributed by atoms with van der Waals surface area (Å²) in [7, 11) is 0. The number of aliphatic hydroxyl groups excluding tert-OH is 1. The summed E-state index contributed by atoms with van der Waals surface area (Å²) in [5.41, 5.74) is -0.536. The lowest BCUT2D eigenvalue weighted by Gasteiger charge is -2.29. The average Bonchev–Trinajstić information content (AvgIpc) is 2.89. The van der Waals surface area contributed by atoms with Crippen LogP contribution in [0.1, 0.15) is 39.5 Å². The van der Waals surface area contributed by atoms with Crippen molar-refractivity contribution in [1.82, 2.24) is 10.2 Å². The molecule has 0 aromatic carbocycles. The first-order valence-corrected chi connectivity index (χ1v) is 7.25. The second-order valence-corrected chi connectivity index (χ2v) is 6.68. The lowest BCUT2D eigenvalue weighted by atomic mass is 9.99. The Hall–Kier alpha value is -1.30. The van der Waals surface area contributed by atoms with E-state index in [1.807, 2.05) is 13.8 Å². The van der Waals surface area contributed by atoms with E-state index in [-0.39, 0.29) is 24.5 Å². The van der Waals surface area contributed by atoms with Crippen molar-refractivity contribution >= 4 is 12.0 Å². The molecule has 3 unspecified atom stereocenters. The fourth-order valence-electron chi connectivity index (χ4n) is 3.25. The molecular weight excluding hydrogens is 260 g/mol. The summed E-state index contributed by atoms with van der Waals surface area (Å²) in [6.07, 6.45) is 1.99. The maximum atomic E-state index is 12.2. The van der Waals surface area contributed by atoms with Gasteiger partial charge in [0.1, 0.15) is 0 Å². The predicted octanol–water partition coefficient (Wildman–Crippen LogP) is 1.04. The standard InChI is InChI=1S/C14H24N2O4/c1-14(2,6-5-12(18)19)15-13(20)16-7-9-3-4-11(17)10(9)8-16/h9-11,17H,3-8H2,1-2H3,(H,15,20)(H,18,19). The molecule has 2 fully saturated rings. The van der Waals surface area contributed by atoms with Crippen LogP contribution in [-0.2, 0) is 4.79 Å². The van der Waals surface area contributed by atoms with Crippen molar-refractivity contribution in [2.45, 2.75) is 51.2 Å². The van der Waals surface area contributed by atoms with Crippen molar-refractivity contribution in [1.29, 1.82) is 0 Å². The molecule has 3 atom stereocenters. The minimum Gasteiger partial charge on any atom is -0.481 e. The topological polar surface area (TPSA) is 89.9 Å². The molecule has 1 saturated heterocycles. The molecule has 3 N–H and O–H groups in total. The Labute approximate surface area is 119 Å². The molecule has 0 aromatic rings. The van der Waals surface area contributed by atoms with E-state index >= 15 is 0 Å². The third kappa shape index (κ3) is 3.42. The summed E-state index contributed by atoms with van der Waals surface area (Å²) in [6.45, 7) is 4.97. The van der Waals surface area contributed by atoms with Crippen LogP contribution in [0.4, 0.5) is 4.79 Å². The number of carboxylic acids is 1. The fourth-order valence-corrected chi connectivity index (χ4v) is 3.25. The maximum Gasteiger partial charge on any atom is 0.317 e. The number of carbonyl (C=O) groups excluding carboxylic acids is 1. The third-order valence-electron chi connectivity index (χ3n) is 4.52. The van der Waals surface area contributed by atoms with Crippen molar-refractivity contribution in [3.8, 4) is 0 Å². The van der Waals surface area contributed by atoms with E-state index in [2.05, 4.69) is 5.32 Å². The Morgan fingerprint density at radius 3 is 2.60 bits per heavy atom. The van der Waals surface area contributed by atoms with Crippen LogP contribution in [0, 0.1) is 11.8 Å². The fraction of sp³-hybridized carbons (Fsp3) is 0.857. The van der Waals surface area contributed by atoms with Gasteiger partial charge in [-0.25, -0.2) is 4.79 Å². The minimum atomic E-state index is -0.855. The van der Waals surface area contributed by atoms with Gasteiger partial charge in [0, 0.05) is 31.0 Å². The molecule has 0 radical (unpaired) electrons. The first-order valence-electron chi connectivity index (χ1n) is 7.25. The lowest BCUT2D eigenvalue weighted by molar-refractivity contribution is -0.137. The second kappa shape index (κ2) is 5.60. The van der Waals surface area contributed by atoms with E-state index in [4.69, 9.17) is 5.11 Å². The molecule has 1 saturated carbocycles. The number of hydrogen-bond donors (Lipinski definition) is 3. The highest BCUT2D eigenvalue weighted by Gasteiger charge is 2.43. The van der Waals surface area contributed by atoms with Gasteiger partial charge >= 0.3 is 12.0 Å². The molecule has 20 heavy (non-hydrogen) atoms. The molecule has 0 aromatic heterocycles. The summed E-state index contributed by atoms with van der Waals surface area (Å²) < 4.78 is 0. The highest BCUT2D eigenvalue weighted by Crippen LogP contribution is 2.38. The molecule has 6 nitrogen and oxygen atoms in total. The number of rotatable bonds is 4. The van der Waals surface area contributed by atoms with Gasteiger partial charge in [-0.3, -0.25) is 4.79 Å². The Morgan fingerprint density at radius 2 is 2.00 bits per heavy atom. The quantitative estimate of drug-likeness (QED) is 0.719. The van der Waals surface area contributed by atoms with E-state index in [0.717, 1.165) is 12.8 Å². The molecule has 2 amide bonds. The summed E-state index contributed by atoms with van der Waals surface area (Å²) in [5, 5.41) is 21.5. The van der Waals surface area contributed by atoms with E-state index in [1.54, 1.807) is 4.90 Å². The molecule has 2 aliphatic rings. The first-order chi connectivity index (χ1) is 9.28. The number of nitrogens with zero attached hydrogens (tertiary/aromatic N) is 1. The van der Waals surface area contributed by atoms with Crippen LogP contribution in [-0.4, -0.2) is 51.8 Å². The van der Waals surface area contributed by atoms with Gasteiger partial charge in [-0.2, -0.15) is 0 Å². The number of aliphatic carboxylic acids is 1. The molecule has 0 bridgehead atoms. The number of fused-ring (bicyclic) bond motifs is 1. The Morgan fingerprint density at radius 1 is 1.30 bits per heavy atom. The van der Waals surface area contributed by atoms with Crippen LogP contribution in [0.2, 0.25) is 0 Å². The van der Waals surface area contributed by atoms with Gasteiger partial charge in [-0.15, -0.1) is 0 Å². The van der Waals surface area contributed by atoms with Gasteiger partial charge in [-0.05, 0) is 39.0 Å². The van der Waals surface area contributed by atoms with E-state index < -0.39 is 11.5 Å². The number of likely N-dealkylation sites (tertiary alicyclic amines) is 1. The van der Waals surface area contributed by atoms with Gasteiger partial charge < -0.3 is 20.4 Å². The summed E-state index contributed by atoms with van der Waals surface area (Å²) in [4.78, 5) is 24.6. The number of aliphatic hydroxyl groups is 1. The Kier molecular flexibility index (Phi) is 4.22. The molecule has 0 spiro atoms. The zero-order chi connectivity index (χ0) is 14.9. The number of amides is 2. The SMILES string of the molecule is CC(C)(CCC(=O)O)NC(=O)N1CC2CCC(O)C2C1. The van der Waals surface area contributed by atoms with Gasteiger partial charge in [-0.1, -0.05) is 0 Å². The van der Waals surface area contributed by atoms with Crippen molar-refractivity contribution in [2.75, 3.05) is 13.1 Å². The summed E-state index contributed by atoms with van der Waals surface area (Å²) in [5.74, 6) is -0.230. The van der Waals surface area contributed by atoms with E-state index in [1.165, 1.54) is 0 Å². The molecule has 6 heteroatoms. The number of carboxylic acid groups (broad SMARTS) is 1. The molecule has 1 aliphatic heterocycles. The highest BCUT2D eigenvalue weighted by atomic mass is 16.4. The van der Waals surface area contributed by atoms with E-state index in [0.29, 0.717) is 25.4 Å². The van der Waals surface area contributed by atoms with Gasteiger partial charge in [0.25, 0.3) is 0 Å². The van der Waals surface area contributed by atoms with Crippen molar-refractivity contribution in [3.63, 3.8) is 0 Å². The molecular formula is C14H24N2O4. The maximum absolute atomic E-state index is 12.2. The smallest absolute Gasteiger partial charge is 0.317 e. The molecule has 114 valence electrons. The van der Waals surface area contributed by atoms with Crippen LogP contribution in [0.25, 0.3) is 0 Å². The Bertz CT molecular complexity index is 397. The highest BCUT2D eigenvalue weighted by molar-refractivity contribution is 5.75. The summed E-state index contributed by atoms with van der Waals surface area (Å²) >= 11 is 0. The van der Waals surface area contributed by atoms with E-state index in [9.17, 15) is 14.7 Å². The molecule has 2 rings (SSSR count). The largest absolute Gasteiger partial charge is 0.481 e. The van der Waals surface area contributed by atoms with Gasteiger partial charge in [0.2, 0.25) is 0 Å². The van der Waals surface area contributed by atoms with Crippen molar-refractivity contribution in [3.05, 3.63) is 0 Å². The van der Waals surface area contributed by atoms with Gasteiger partial charge in [0.15, 0.2) is 0 Å². The molecule has 1 aliphatic carbocycles. The lowest BCUT2D eigenvalue weighted by Crippen LogP contribution is -2.50. The average molecular weight is 284 g/mol. The number of nitrogens with one attached hydrogen (secondary N) is 1. The van der Waals surface area contributed by atoms with Crippen LogP contribution >= 0.6 is 0 Å². The van der Waals surface area contributed by atoms with Crippen LogP contribution in [0.15, 0.2) is 0 Å². The second-order valence-electron chi connectivity index (χ2n) is 6.68. The van der Waals surface area contributed by atoms with Crippen LogP contribution in [0.3, 0.4) is 0 Å². The third-order valence-corrected chi connectivity index (χ3v) is 4.52. The minimum absolute atomic E-state index is 0.0389. The number of carbonyl (C=O) groups is 2. The van der Waals surface area contributed by atoms with Crippen LogP contribution < -0.4 is 5.32 Å². The first kappa shape index (κ1) is 15.1. The monoisotopic (exact) mass is 284 g/mol. The number of hydrogen-bond acceptors (Lipinski definition) is 3. The van der Waals surface area contributed by atoms with Crippen molar-refractivity contribution in [2.24, 2.45) is 11.8 Å². The normalized spacial score (nSPS) is 29.4. The van der Waals surface area contributed by atoms with Crippen molar-refractivity contribution < 1.29 is 19.8 Å². The van der Waals surface area contributed by atoms with Crippen LogP contribution in [0.5, 0.6) is 0 Å². The zero-order valence-corrected chi connectivity index (χ0v) is 12.1. The summed E-state index contributed by atoms with van der Waals surface area (Å²) in [6, 6.07) is -0.151. The predicted molar refractivity (Wildman–Crippen MR) is 73.3 cm³/mol. The van der Waals surface area contributed by atoms with Gasteiger partial charge in [0.05, 0.1) is 6.10 Å². The number of urea groups is 1.